The Kier molecular flexibility index (Phi) is 2.18. The van der Waals surface area contributed by atoms with Crippen LogP contribution in [0.25, 0.3) is 40.3 Å². The van der Waals surface area contributed by atoms with Gasteiger partial charge in [0.05, 0.1) is 0 Å². The molecule has 0 spiro atoms. The average molecular weight is 305 g/mol. The minimum absolute atomic E-state index is 0.835. The molecular weight excluding hydrogens is 294 g/mol. The highest BCUT2D eigenvalue weighted by Gasteiger charge is 2.10. The summed E-state index contributed by atoms with van der Waals surface area (Å²) >= 11 is 3.70. The van der Waals surface area contributed by atoms with E-state index in [4.69, 9.17) is 5.73 Å². The van der Waals surface area contributed by atoms with E-state index in [2.05, 4.69) is 48.5 Å². The molecule has 0 amide bonds. The van der Waals surface area contributed by atoms with Gasteiger partial charge in [-0.3, -0.25) is 0 Å². The Labute approximate surface area is 129 Å². The van der Waals surface area contributed by atoms with Gasteiger partial charge in [-0.25, -0.2) is 0 Å². The number of nitrogens with two attached hydrogens (primary N) is 1. The highest BCUT2D eigenvalue weighted by Crippen LogP contribution is 2.41. The third kappa shape index (κ3) is 1.56. The van der Waals surface area contributed by atoms with Gasteiger partial charge in [0.2, 0.25) is 0 Å². The molecule has 0 bridgehead atoms. The molecule has 0 unspecified atom stereocenters. The first-order valence-corrected chi connectivity index (χ1v) is 8.46. The average Bonchev–Trinajstić information content (AvgIpc) is 3.01. The van der Waals surface area contributed by atoms with E-state index in [1.807, 2.05) is 28.7 Å². The van der Waals surface area contributed by atoms with Crippen molar-refractivity contribution in [1.29, 1.82) is 0 Å². The molecule has 5 aromatic rings. The first-order valence-electron chi connectivity index (χ1n) is 6.83. The molecule has 1 nitrogen and oxygen atoms in total. The second-order valence-electron chi connectivity index (χ2n) is 5.30. The SMILES string of the molecule is Nc1ccc2c(c1)sc1cc3c(cc12)sc1ccccc13. The summed E-state index contributed by atoms with van der Waals surface area (Å²) < 4.78 is 5.33. The van der Waals surface area contributed by atoms with Gasteiger partial charge < -0.3 is 5.73 Å². The quantitative estimate of drug-likeness (QED) is 0.349. The lowest BCUT2D eigenvalue weighted by Gasteiger charge is -1.95. The fraction of sp³-hybridized carbons (Fsp3) is 0. The van der Waals surface area contributed by atoms with E-state index in [0.29, 0.717) is 0 Å². The second kappa shape index (κ2) is 3.97. The number of benzene rings is 3. The summed E-state index contributed by atoms with van der Waals surface area (Å²) in [5, 5.41) is 5.37. The van der Waals surface area contributed by atoms with Gasteiger partial charge in [0.1, 0.15) is 0 Å². The minimum Gasteiger partial charge on any atom is -0.399 e. The van der Waals surface area contributed by atoms with Crippen molar-refractivity contribution in [2.45, 2.75) is 0 Å². The van der Waals surface area contributed by atoms with Crippen molar-refractivity contribution in [2.75, 3.05) is 5.73 Å². The van der Waals surface area contributed by atoms with Crippen LogP contribution in [0, 0.1) is 0 Å². The van der Waals surface area contributed by atoms with Crippen molar-refractivity contribution in [1.82, 2.24) is 0 Å². The Balaban J connectivity index is 2.00. The molecule has 0 radical (unpaired) electrons. The minimum atomic E-state index is 0.835. The number of anilines is 1. The van der Waals surface area contributed by atoms with Crippen LogP contribution in [0.3, 0.4) is 0 Å². The lowest BCUT2D eigenvalue weighted by atomic mass is 10.1. The van der Waals surface area contributed by atoms with Crippen LogP contribution in [-0.4, -0.2) is 0 Å². The number of hydrogen-bond donors (Lipinski definition) is 1. The van der Waals surface area contributed by atoms with E-state index in [0.717, 1.165) is 5.69 Å². The fourth-order valence-electron chi connectivity index (χ4n) is 3.01. The molecule has 2 aromatic heterocycles. The maximum absolute atomic E-state index is 5.91. The van der Waals surface area contributed by atoms with Gasteiger partial charge in [-0.15, -0.1) is 22.7 Å². The summed E-state index contributed by atoms with van der Waals surface area (Å²) in [4.78, 5) is 0. The summed E-state index contributed by atoms with van der Waals surface area (Å²) in [7, 11) is 0. The van der Waals surface area contributed by atoms with E-state index in [1.54, 1.807) is 0 Å². The van der Waals surface area contributed by atoms with Gasteiger partial charge in [0.25, 0.3) is 0 Å². The largest absolute Gasteiger partial charge is 0.399 e. The Hall–Kier alpha value is -2.10. The van der Waals surface area contributed by atoms with Gasteiger partial charge >= 0.3 is 0 Å². The first-order chi connectivity index (χ1) is 10.3. The third-order valence-corrected chi connectivity index (χ3v) is 6.24. The van der Waals surface area contributed by atoms with E-state index < -0.39 is 0 Å². The molecule has 21 heavy (non-hydrogen) atoms. The van der Waals surface area contributed by atoms with Crippen molar-refractivity contribution in [3.63, 3.8) is 0 Å². The molecule has 0 saturated heterocycles. The monoisotopic (exact) mass is 305 g/mol. The molecule has 0 atom stereocenters. The molecule has 2 heterocycles. The van der Waals surface area contributed by atoms with Gasteiger partial charge in [0.15, 0.2) is 0 Å². The molecule has 0 aliphatic heterocycles. The standard InChI is InChI=1S/C18H11NS2/c19-10-5-6-12-14-9-17-13(8-18(14)21-16(12)7-10)11-3-1-2-4-15(11)20-17/h1-9H,19H2. The number of hydrogen-bond acceptors (Lipinski definition) is 3. The second-order valence-corrected chi connectivity index (χ2v) is 7.47. The van der Waals surface area contributed by atoms with Crippen molar-refractivity contribution in [3.05, 3.63) is 54.6 Å². The van der Waals surface area contributed by atoms with Crippen molar-refractivity contribution >= 4 is 68.7 Å². The molecule has 0 aliphatic carbocycles. The molecular formula is C18H11NS2. The molecule has 0 fully saturated rings. The highest BCUT2D eigenvalue weighted by atomic mass is 32.1. The molecule has 0 saturated carbocycles. The van der Waals surface area contributed by atoms with E-state index in [9.17, 15) is 0 Å². The zero-order chi connectivity index (χ0) is 14.0. The fourth-order valence-corrected chi connectivity index (χ4v) is 5.31. The van der Waals surface area contributed by atoms with Crippen molar-refractivity contribution in [2.24, 2.45) is 0 Å². The van der Waals surface area contributed by atoms with Crippen LogP contribution in [0.2, 0.25) is 0 Å². The Morgan fingerprint density at radius 1 is 0.571 bits per heavy atom. The molecule has 2 N–H and O–H groups in total. The number of nitrogen functional groups attached to an aromatic ring is 1. The summed E-state index contributed by atoms with van der Waals surface area (Å²) in [6, 6.07) is 19.5. The smallest absolute Gasteiger partial charge is 0.0375 e. The summed E-state index contributed by atoms with van der Waals surface area (Å²) in [6.45, 7) is 0. The number of thiophene rings is 2. The van der Waals surface area contributed by atoms with E-state index >= 15 is 0 Å². The number of fused-ring (bicyclic) bond motifs is 6. The molecule has 5 rings (SSSR count). The third-order valence-electron chi connectivity index (χ3n) is 3.99. The van der Waals surface area contributed by atoms with Crippen molar-refractivity contribution in [3.8, 4) is 0 Å². The molecule has 3 aromatic carbocycles. The van der Waals surface area contributed by atoms with E-state index in [1.165, 1.54) is 40.3 Å². The number of rotatable bonds is 0. The molecule has 100 valence electrons. The van der Waals surface area contributed by atoms with Crippen LogP contribution in [-0.2, 0) is 0 Å². The maximum atomic E-state index is 5.91. The highest BCUT2D eigenvalue weighted by molar-refractivity contribution is 7.27. The Morgan fingerprint density at radius 2 is 1.19 bits per heavy atom. The summed E-state index contributed by atoms with van der Waals surface area (Å²) in [5.74, 6) is 0. The molecule has 0 aliphatic rings. The maximum Gasteiger partial charge on any atom is 0.0375 e. The zero-order valence-electron chi connectivity index (χ0n) is 11.1. The lowest BCUT2D eigenvalue weighted by molar-refractivity contribution is 1.80. The van der Waals surface area contributed by atoms with Gasteiger partial charge in [-0.2, -0.15) is 0 Å². The van der Waals surface area contributed by atoms with Crippen LogP contribution in [0.5, 0.6) is 0 Å². The normalized spacial score (nSPS) is 12.0. The predicted molar refractivity (Wildman–Crippen MR) is 96.6 cm³/mol. The van der Waals surface area contributed by atoms with Crippen LogP contribution in [0.1, 0.15) is 0 Å². The lowest BCUT2D eigenvalue weighted by Crippen LogP contribution is -1.80. The summed E-state index contributed by atoms with van der Waals surface area (Å²) in [5.41, 5.74) is 6.74. The predicted octanol–water partition coefficient (Wildman–Crippen LogP) is 6.00. The van der Waals surface area contributed by atoms with Crippen LogP contribution in [0.4, 0.5) is 5.69 Å². The van der Waals surface area contributed by atoms with Gasteiger partial charge in [-0.05, 0) is 30.3 Å². The topological polar surface area (TPSA) is 26.0 Å². The van der Waals surface area contributed by atoms with Crippen molar-refractivity contribution < 1.29 is 0 Å². The molecule has 3 heteroatoms. The van der Waals surface area contributed by atoms with Crippen LogP contribution < -0.4 is 5.73 Å². The van der Waals surface area contributed by atoms with Gasteiger partial charge in [-0.1, -0.05) is 24.3 Å². The Morgan fingerprint density at radius 3 is 2.00 bits per heavy atom. The Bertz CT molecular complexity index is 1150. The van der Waals surface area contributed by atoms with E-state index in [-0.39, 0.29) is 0 Å². The van der Waals surface area contributed by atoms with Crippen LogP contribution >= 0.6 is 22.7 Å². The zero-order valence-corrected chi connectivity index (χ0v) is 12.7. The first kappa shape index (κ1) is 11.5. The van der Waals surface area contributed by atoms with Crippen LogP contribution in [0.15, 0.2) is 54.6 Å². The van der Waals surface area contributed by atoms with Gasteiger partial charge in [0, 0.05) is 46.0 Å². The summed E-state index contributed by atoms with van der Waals surface area (Å²) in [6.07, 6.45) is 0.